The van der Waals surface area contributed by atoms with Crippen molar-refractivity contribution in [1.29, 1.82) is 0 Å². The quantitative estimate of drug-likeness (QED) is 0.710. The number of aromatic nitrogens is 1. The number of amides is 1. The second-order valence-electron chi connectivity index (χ2n) is 3.36. The van der Waals surface area contributed by atoms with E-state index in [9.17, 15) is 4.79 Å². The molecule has 74 valence electrons. The van der Waals surface area contributed by atoms with Gasteiger partial charge in [0.2, 0.25) is 0 Å². The normalized spacial score (nSPS) is 15.9. The van der Waals surface area contributed by atoms with Gasteiger partial charge in [0.15, 0.2) is 0 Å². The number of nitrogens with zero attached hydrogens (tertiary/aromatic N) is 2. The maximum absolute atomic E-state index is 11.8. The summed E-state index contributed by atoms with van der Waals surface area (Å²) < 4.78 is 0. The molecule has 4 heteroatoms. The molecule has 0 aliphatic carbocycles. The lowest BCUT2D eigenvalue weighted by molar-refractivity contribution is 0.0787. The van der Waals surface area contributed by atoms with E-state index < -0.39 is 0 Å². The van der Waals surface area contributed by atoms with Crippen LogP contribution in [-0.2, 0) is 0 Å². The summed E-state index contributed by atoms with van der Waals surface area (Å²) in [6.45, 7) is 1.70. The Kier molecular flexibility index (Phi) is 2.68. The van der Waals surface area contributed by atoms with Gasteiger partial charge in [-0.15, -0.1) is 0 Å². The van der Waals surface area contributed by atoms with Crippen molar-refractivity contribution in [3.8, 4) is 0 Å². The van der Waals surface area contributed by atoms with Crippen LogP contribution in [0.2, 0.25) is 5.02 Å². The van der Waals surface area contributed by atoms with Crippen LogP contribution in [0.3, 0.4) is 0 Å². The summed E-state index contributed by atoms with van der Waals surface area (Å²) in [5.41, 5.74) is 0.483. The van der Waals surface area contributed by atoms with E-state index in [2.05, 4.69) is 4.98 Å². The van der Waals surface area contributed by atoms with Gasteiger partial charge >= 0.3 is 0 Å². The fraction of sp³-hybridized carbons (Fsp3) is 0.400. The van der Waals surface area contributed by atoms with E-state index in [-0.39, 0.29) is 5.91 Å². The van der Waals surface area contributed by atoms with E-state index in [0.29, 0.717) is 10.7 Å². The molecule has 2 rings (SSSR count). The molecule has 0 N–H and O–H groups in total. The summed E-state index contributed by atoms with van der Waals surface area (Å²) in [4.78, 5) is 17.6. The molecule has 3 nitrogen and oxygen atoms in total. The molecule has 0 spiro atoms. The molecule has 0 aromatic carbocycles. The van der Waals surface area contributed by atoms with Crippen LogP contribution in [0.25, 0.3) is 0 Å². The highest BCUT2D eigenvalue weighted by molar-refractivity contribution is 6.30. The first-order valence-corrected chi connectivity index (χ1v) is 5.06. The van der Waals surface area contributed by atoms with Gasteiger partial charge < -0.3 is 4.90 Å². The Morgan fingerprint density at radius 3 is 2.64 bits per heavy atom. The molecule has 1 saturated heterocycles. The highest BCUT2D eigenvalue weighted by atomic mass is 35.5. The van der Waals surface area contributed by atoms with Crippen molar-refractivity contribution < 1.29 is 4.79 Å². The minimum atomic E-state index is 0.0131. The van der Waals surface area contributed by atoms with Crippen molar-refractivity contribution in [2.75, 3.05) is 13.1 Å². The number of pyridine rings is 1. The van der Waals surface area contributed by atoms with Crippen LogP contribution in [0.15, 0.2) is 18.3 Å². The second-order valence-corrected chi connectivity index (χ2v) is 3.80. The monoisotopic (exact) mass is 210 g/mol. The van der Waals surface area contributed by atoms with Gasteiger partial charge in [0, 0.05) is 19.3 Å². The Morgan fingerprint density at radius 1 is 1.36 bits per heavy atom. The average Bonchev–Trinajstić information content (AvgIpc) is 2.71. The zero-order valence-electron chi connectivity index (χ0n) is 7.74. The number of carbonyl (C=O) groups is 1. The van der Waals surface area contributed by atoms with E-state index >= 15 is 0 Å². The van der Waals surface area contributed by atoms with Crippen molar-refractivity contribution in [2.24, 2.45) is 0 Å². The van der Waals surface area contributed by atoms with Gasteiger partial charge in [-0.05, 0) is 25.0 Å². The largest absolute Gasteiger partial charge is 0.337 e. The third-order valence-electron chi connectivity index (χ3n) is 2.34. The predicted octanol–water partition coefficient (Wildman–Crippen LogP) is 1.97. The molecular formula is C10H11ClN2O. The molecule has 0 bridgehead atoms. The minimum Gasteiger partial charge on any atom is -0.337 e. The third kappa shape index (κ3) is 1.87. The molecule has 1 aliphatic heterocycles. The molecule has 0 atom stereocenters. The third-order valence-corrected chi connectivity index (χ3v) is 2.56. The maximum atomic E-state index is 11.8. The van der Waals surface area contributed by atoms with E-state index in [1.54, 1.807) is 12.1 Å². The average molecular weight is 211 g/mol. The lowest BCUT2D eigenvalue weighted by Gasteiger charge is -2.13. The minimum absolute atomic E-state index is 0.0131. The zero-order valence-corrected chi connectivity index (χ0v) is 8.50. The van der Waals surface area contributed by atoms with Gasteiger partial charge in [-0.1, -0.05) is 11.6 Å². The van der Waals surface area contributed by atoms with Crippen molar-refractivity contribution in [3.05, 3.63) is 29.0 Å². The summed E-state index contributed by atoms with van der Waals surface area (Å²) in [5.74, 6) is 0.0131. The van der Waals surface area contributed by atoms with Gasteiger partial charge in [-0.2, -0.15) is 0 Å². The molecule has 2 heterocycles. The number of rotatable bonds is 1. The first kappa shape index (κ1) is 9.46. The first-order valence-electron chi connectivity index (χ1n) is 4.68. The van der Waals surface area contributed by atoms with Crippen LogP contribution < -0.4 is 0 Å². The fourth-order valence-electron chi connectivity index (χ4n) is 1.58. The van der Waals surface area contributed by atoms with Gasteiger partial charge in [0.25, 0.3) is 5.91 Å². The van der Waals surface area contributed by atoms with Gasteiger partial charge in [0.1, 0.15) is 5.69 Å². The Morgan fingerprint density at radius 2 is 2.07 bits per heavy atom. The van der Waals surface area contributed by atoms with Crippen molar-refractivity contribution >= 4 is 17.5 Å². The lowest BCUT2D eigenvalue weighted by Crippen LogP contribution is -2.28. The van der Waals surface area contributed by atoms with E-state index in [0.717, 1.165) is 25.9 Å². The summed E-state index contributed by atoms with van der Waals surface area (Å²) in [6, 6.07) is 3.36. The Balaban J connectivity index is 2.14. The molecule has 0 radical (unpaired) electrons. The molecule has 1 fully saturated rings. The maximum Gasteiger partial charge on any atom is 0.272 e. The molecule has 14 heavy (non-hydrogen) atoms. The SMILES string of the molecule is O=C(c1ccc(Cl)cn1)N1CCCC1. The van der Waals surface area contributed by atoms with Crippen LogP contribution >= 0.6 is 11.6 Å². The second kappa shape index (κ2) is 3.96. The number of hydrogen-bond acceptors (Lipinski definition) is 2. The molecule has 0 saturated carbocycles. The van der Waals surface area contributed by atoms with Gasteiger partial charge in [0.05, 0.1) is 5.02 Å². The van der Waals surface area contributed by atoms with Crippen molar-refractivity contribution in [3.63, 3.8) is 0 Å². The highest BCUT2D eigenvalue weighted by Crippen LogP contribution is 2.12. The Hall–Kier alpha value is -1.09. The Bertz CT molecular complexity index is 330. The molecular weight excluding hydrogens is 200 g/mol. The van der Waals surface area contributed by atoms with Crippen LogP contribution in [0.5, 0.6) is 0 Å². The van der Waals surface area contributed by atoms with Crippen molar-refractivity contribution in [1.82, 2.24) is 9.88 Å². The Labute approximate surface area is 87.7 Å². The molecule has 1 aliphatic rings. The number of hydrogen-bond donors (Lipinski definition) is 0. The number of halogens is 1. The lowest BCUT2D eigenvalue weighted by atomic mass is 10.3. The number of likely N-dealkylation sites (tertiary alicyclic amines) is 1. The fourth-order valence-corrected chi connectivity index (χ4v) is 1.70. The first-order chi connectivity index (χ1) is 6.77. The number of carbonyl (C=O) groups excluding carboxylic acids is 1. The van der Waals surface area contributed by atoms with Crippen LogP contribution in [0.4, 0.5) is 0 Å². The summed E-state index contributed by atoms with van der Waals surface area (Å²) in [5, 5.41) is 0.558. The van der Waals surface area contributed by atoms with Gasteiger partial charge in [-0.25, -0.2) is 4.98 Å². The molecule has 1 amide bonds. The topological polar surface area (TPSA) is 33.2 Å². The van der Waals surface area contributed by atoms with E-state index in [1.807, 2.05) is 4.90 Å². The summed E-state index contributed by atoms with van der Waals surface area (Å²) >= 11 is 5.69. The zero-order chi connectivity index (χ0) is 9.97. The molecule has 1 aromatic rings. The molecule has 0 unspecified atom stereocenters. The van der Waals surface area contributed by atoms with Crippen LogP contribution in [0.1, 0.15) is 23.3 Å². The standard InChI is InChI=1S/C10H11ClN2O/c11-8-3-4-9(12-7-8)10(14)13-5-1-2-6-13/h3-4,7H,1-2,5-6H2. The highest BCUT2D eigenvalue weighted by Gasteiger charge is 2.19. The van der Waals surface area contributed by atoms with Gasteiger partial charge in [-0.3, -0.25) is 4.79 Å². The summed E-state index contributed by atoms with van der Waals surface area (Å²) in [7, 11) is 0. The van der Waals surface area contributed by atoms with Crippen molar-refractivity contribution in [2.45, 2.75) is 12.8 Å². The van der Waals surface area contributed by atoms with Crippen LogP contribution in [-0.4, -0.2) is 28.9 Å². The summed E-state index contributed by atoms with van der Waals surface area (Å²) in [6.07, 6.45) is 3.70. The van der Waals surface area contributed by atoms with E-state index in [4.69, 9.17) is 11.6 Å². The van der Waals surface area contributed by atoms with Crippen LogP contribution in [0, 0.1) is 0 Å². The van der Waals surface area contributed by atoms with E-state index in [1.165, 1.54) is 6.20 Å². The predicted molar refractivity (Wildman–Crippen MR) is 54.4 cm³/mol. The molecule has 1 aromatic heterocycles. The smallest absolute Gasteiger partial charge is 0.272 e.